The van der Waals surface area contributed by atoms with Gasteiger partial charge in [0.2, 0.25) is 0 Å². The van der Waals surface area contributed by atoms with Crippen molar-refractivity contribution in [2.75, 3.05) is 6.54 Å². The van der Waals surface area contributed by atoms with Crippen molar-refractivity contribution in [1.82, 2.24) is 4.90 Å². The molecule has 1 aliphatic rings. The van der Waals surface area contributed by atoms with Crippen molar-refractivity contribution in [3.05, 3.63) is 12.2 Å². The smallest absolute Gasteiger partial charge is 0.335 e. The number of unbranched alkanes of at least 4 members (excludes halogenated alkanes) is 1. The Hall–Kier alpha value is -1.69. The molecule has 112 valence electrons. The third-order valence-electron chi connectivity index (χ3n) is 2.69. The normalized spacial score (nSPS) is 16.7. The Bertz CT molecular complexity index is 404. The van der Waals surface area contributed by atoms with Crippen LogP contribution in [0.5, 0.6) is 0 Å². The molecule has 6 nitrogen and oxygen atoms in total. The Balaban J connectivity index is 2.22. The minimum atomic E-state index is -1.17. The highest BCUT2D eigenvalue weighted by molar-refractivity contribution is 6.12. The van der Waals surface area contributed by atoms with E-state index in [2.05, 4.69) is 0 Å². The van der Waals surface area contributed by atoms with Gasteiger partial charge in [0.1, 0.15) is 5.60 Å². The summed E-state index contributed by atoms with van der Waals surface area (Å²) in [7, 11) is 0. The highest BCUT2D eigenvalue weighted by atomic mass is 16.6. The van der Waals surface area contributed by atoms with Crippen molar-refractivity contribution < 1.29 is 24.2 Å². The van der Waals surface area contributed by atoms with Crippen LogP contribution in [0.4, 0.5) is 0 Å². The second-order valence-corrected chi connectivity index (χ2v) is 5.71. The van der Waals surface area contributed by atoms with Crippen molar-refractivity contribution >= 4 is 17.8 Å². The van der Waals surface area contributed by atoms with E-state index in [1.165, 1.54) is 12.2 Å². The van der Waals surface area contributed by atoms with E-state index in [0.717, 1.165) is 4.90 Å². The zero-order chi connectivity index (χ0) is 15.3. The number of imide groups is 1. The molecule has 1 rings (SSSR count). The highest BCUT2D eigenvalue weighted by Gasteiger charge is 2.24. The molecule has 1 heterocycles. The van der Waals surface area contributed by atoms with Gasteiger partial charge in [-0.2, -0.15) is 0 Å². The van der Waals surface area contributed by atoms with E-state index in [9.17, 15) is 19.5 Å². The van der Waals surface area contributed by atoms with Gasteiger partial charge in [0.25, 0.3) is 11.8 Å². The number of esters is 1. The maximum Gasteiger partial charge on any atom is 0.335 e. The topological polar surface area (TPSA) is 83.9 Å². The van der Waals surface area contributed by atoms with E-state index in [1.54, 1.807) is 20.8 Å². The lowest BCUT2D eigenvalue weighted by atomic mass is 10.1. The average Bonchev–Trinajstić information content (AvgIpc) is 2.63. The fraction of sp³-hybridized carbons (Fsp3) is 0.643. The van der Waals surface area contributed by atoms with Gasteiger partial charge in [-0.1, -0.05) is 0 Å². The molecule has 1 aliphatic heterocycles. The van der Waals surface area contributed by atoms with Gasteiger partial charge >= 0.3 is 5.97 Å². The number of nitrogens with zero attached hydrogens (tertiary/aromatic N) is 1. The molecule has 2 amide bonds. The predicted octanol–water partition coefficient (Wildman–Crippen LogP) is 0.784. The molecule has 0 aromatic carbocycles. The molecule has 0 radical (unpaired) electrons. The number of amides is 2. The van der Waals surface area contributed by atoms with Crippen molar-refractivity contribution in [2.24, 2.45) is 0 Å². The molecule has 0 aromatic heterocycles. The van der Waals surface area contributed by atoms with Gasteiger partial charge in [-0.25, -0.2) is 4.79 Å². The first-order valence-corrected chi connectivity index (χ1v) is 6.65. The van der Waals surface area contributed by atoms with E-state index < -0.39 is 17.7 Å². The molecule has 0 aliphatic carbocycles. The molecule has 6 heteroatoms. The Kier molecular flexibility index (Phi) is 5.44. The summed E-state index contributed by atoms with van der Waals surface area (Å²) in [5.74, 6) is -1.28. The molecule has 1 unspecified atom stereocenters. The zero-order valence-corrected chi connectivity index (χ0v) is 12.1. The summed E-state index contributed by atoms with van der Waals surface area (Å²) in [5.41, 5.74) is -0.627. The van der Waals surface area contributed by atoms with Crippen LogP contribution in [-0.4, -0.2) is 46.0 Å². The van der Waals surface area contributed by atoms with Gasteiger partial charge in [0.05, 0.1) is 0 Å². The maximum absolute atomic E-state index is 11.5. The number of aliphatic hydroxyl groups is 1. The molecule has 0 fully saturated rings. The molecule has 0 saturated heterocycles. The summed E-state index contributed by atoms with van der Waals surface area (Å²) in [6.45, 7) is 5.49. The van der Waals surface area contributed by atoms with Crippen LogP contribution in [0.2, 0.25) is 0 Å². The van der Waals surface area contributed by atoms with Crippen LogP contribution in [0.3, 0.4) is 0 Å². The van der Waals surface area contributed by atoms with Crippen LogP contribution in [0.15, 0.2) is 12.2 Å². The summed E-state index contributed by atoms with van der Waals surface area (Å²) in [6.07, 6.45) is 2.61. The van der Waals surface area contributed by atoms with E-state index in [0.29, 0.717) is 19.4 Å². The number of hydrogen-bond acceptors (Lipinski definition) is 5. The fourth-order valence-corrected chi connectivity index (χ4v) is 1.75. The third-order valence-corrected chi connectivity index (χ3v) is 2.69. The highest BCUT2D eigenvalue weighted by Crippen LogP contribution is 2.12. The molecule has 0 bridgehead atoms. The Labute approximate surface area is 118 Å². The van der Waals surface area contributed by atoms with Gasteiger partial charge in [0, 0.05) is 18.7 Å². The molecule has 1 atom stereocenters. The van der Waals surface area contributed by atoms with Crippen molar-refractivity contribution in [2.45, 2.75) is 51.7 Å². The van der Waals surface area contributed by atoms with Gasteiger partial charge in [-0.05, 0) is 40.0 Å². The summed E-state index contributed by atoms with van der Waals surface area (Å²) in [5, 5.41) is 9.64. The minimum absolute atomic E-state index is 0.249. The van der Waals surface area contributed by atoms with Crippen molar-refractivity contribution in [1.29, 1.82) is 0 Å². The summed E-state index contributed by atoms with van der Waals surface area (Å²) >= 11 is 0. The second-order valence-electron chi connectivity index (χ2n) is 5.71. The first kappa shape index (κ1) is 16.4. The van der Waals surface area contributed by atoms with Crippen LogP contribution in [0, 0.1) is 0 Å². The fourth-order valence-electron chi connectivity index (χ4n) is 1.75. The standard InChI is InChI=1S/C14H21NO5/c1-14(2,3)20-13(19)10(16)6-4-5-9-15-11(17)7-8-12(15)18/h7-8,10,16H,4-6,9H2,1-3H3. The second kappa shape index (κ2) is 6.65. The van der Waals surface area contributed by atoms with Crippen LogP contribution >= 0.6 is 0 Å². The number of aliphatic hydroxyl groups excluding tert-OH is 1. The van der Waals surface area contributed by atoms with Crippen LogP contribution in [0.25, 0.3) is 0 Å². The lowest BCUT2D eigenvalue weighted by Gasteiger charge is -2.21. The Morgan fingerprint density at radius 1 is 1.25 bits per heavy atom. The van der Waals surface area contributed by atoms with Crippen molar-refractivity contribution in [3.8, 4) is 0 Å². The van der Waals surface area contributed by atoms with E-state index >= 15 is 0 Å². The molecular formula is C14H21NO5. The maximum atomic E-state index is 11.5. The minimum Gasteiger partial charge on any atom is -0.458 e. The Morgan fingerprint density at radius 3 is 2.30 bits per heavy atom. The van der Waals surface area contributed by atoms with Crippen LogP contribution < -0.4 is 0 Å². The Morgan fingerprint density at radius 2 is 1.80 bits per heavy atom. The SMILES string of the molecule is CC(C)(C)OC(=O)C(O)CCCCN1C(=O)C=CC1=O. The number of carbonyl (C=O) groups excluding carboxylic acids is 3. The summed E-state index contributed by atoms with van der Waals surface area (Å²) in [6, 6.07) is 0. The molecule has 0 aromatic rings. The first-order valence-electron chi connectivity index (χ1n) is 6.65. The molecular weight excluding hydrogens is 262 g/mol. The van der Waals surface area contributed by atoms with Crippen LogP contribution in [0.1, 0.15) is 40.0 Å². The third kappa shape index (κ3) is 5.13. The van der Waals surface area contributed by atoms with E-state index in [4.69, 9.17) is 4.74 Å². The van der Waals surface area contributed by atoms with Crippen molar-refractivity contribution in [3.63, 3.8) is 0 Å². The zero-order valence-electron chi connectivity index (χ0n) is 12.1. The van der Waals surface area contributed by atoms with Gasteiger partial charge in [-0.3, -0.25) is 14.5 Å². The van der Waals surface area contributed by atoms with Gasteiger partial charge in [-0.15, -0.1) is 0 Å². The number of hydrogen-bond donors (Lipinski definition) is 1. The largest absolute Gasteiger partial charge is 0.458 e. The van der Waals surface area contributed by atoms with Crippen LogP contribution in [-0.2, 0) is 19.1 Å². The first-order chi connectivity index (χ1) is 9.20. The number of rotatable bonds is 6. The van der Waals surface area contributed by atoms with Gasteiger partial charge in [0.15, 0.2) is 6.10 Å². The van der Waals surface area contributed by atoms with E-state index in [1.807, 2.05) is 0 Å². The predicted molar refractivity (Wildman–Crippen MR) is 71.6 cm³/mol. The molecule has 20 heavy (non-hydrogen) atoms. The lowest BCUT2D eigenvalue weighted by Crippen LogP contribution is -2.32. The number of carbonyl (C=O) groups is 3. The van der Waals surface area contributed by atoms with Gasteiger partial charge < -0.3 is 9.84 Å². The monoisotopic (exact) mass is 283 g/mol. The molecule has 0 spiro atoms. The van der Waals surface area contributed by atoms with E-state index in [-0.39, 0.29) is 18.2 Å². The summed E-state index contributed by atoms with van der Waals surface area (Å²) < 4.78 is 5.05. The summed E-state index contributed by atoms with van der Waals surface area (Å²) in [4.78, 5) is 35.2. The molecule has 0 saturated carbocycles. The number of ether oxygens (including phenoxy) is 1. The quantitative estimate of drug-likeness (QED) is 0.442. The molecule has 1 N–H and O–H groups in total. The lowest BCUT2D eigenvalue weighted by molar-refractivity contribution is -0.165. The average molecular weight is 283 g/mol.